The molecule has 0 atom stereocenters. The van der Waals surface area contributed by atoms with Crippen molar-refractivity contribution in [3.63, 3.8) is 0 Å². The van der Waals surface area contributed by atoms with E-state index in [0.29, 0.717) is 40.4 Å². The van der Waals surface area contributed by atoms with Gasteiger partial charge in [0, 0.05) is 34.9 Å². The third-order valence-electron chi connectivity index (χ3n) is 3.57. The Balaban J connectivity index is 2.09. The smallest absolute Gasteiger partial charge is 0.251 e. The zero-order chi connectivity index (χ0) is 18.4. The molecule has 134 valence electrons. The molecule has 0 unspecified atom stereocenters. The Labute approximate surface area is 158 Å². The van der Waals surface area contributed by atoms with Gasteiger partial charge in [0.2, 0.25) is 0 Å². The van der Waals surface area contributed by atoms with Crippen molar-refractivity contribution < 1.29 is 9.53 Å². The van der Waals surface area contributed by atoms with E-state index in [-0.39, 0.29) is 5.91 Å². The van der Waals surface area contributed by atoms with Crippen molar-refractivity contribution in [2.45, 2.75) is 20.4 Å². The van der Waals surface area contributed by atoms with Gasteiger partial charge in [0.05, 0.1) is 12.1 Å². The van der Waals surface area contributed by atoms with Gasteiger partial charge < -0.3 is 15.4 Å². The lowest BCUT2D eigenvalue weighted by Gasteiger charge is -2.13. The van der Waals surface area contributed by atoms with Crippen LogP contribution < -0.4 is 15.4 Å². The predicted octanol–water partition coefficient (Wildman–Crippen LogP) is 5.00. The normalized spacial score (nSPS) is 10.6. The number of anilines is 1. The monoisotopic (exact) mass is 380 g/mol. The van der Waals surface area contributed by atoms with E-state index in [1.807, 2.05) is 18.2 Å². The first-order valence-corrected chi connectivity index (χ1v) is 8.80. The van der Waals surface area contributed by atoms with E-state index < -0.39 is 0 Å². The summed E-state index contributed by atoms with van der Waals surface area (Å²) in [6.07, 6.45) is 0. The maximum atomic E-state index is 12.2. The summed E-state index contributed by atoms with van der Waals surface area (Å²) in [5, 5.41) is 7.20. The molecule has 4 nitrogen and oxygen atoms in total. The molecule has 1 amide bonds. The molecule has 0 saturated heterocycles. The Morgan fingerprint density at radius 2 is 1.96 bits per heavy atom. The fourth-order valence-corrected chi connectivity index (χ4v) is 2.95. The van der Waals surface area contributed by atoms with Gasteiger partial charge in [0.1, 0.15) is 5.75 Å². The molecule has 0 heterocycles. The van der Waals surface area contributed by atoms with Crippen molar-refractivity contribution in [1.82, 2.24) is 5.32 Å². The lowest BCUT2D eigenvalue weighted by Crippen LogP contribution is -2.27. The molecule has 0 radical (unpaired) electrons. The van der Waals surface area contributed by atoms with Crippen molar-refractivity contribution in [2.24, 2.45) is 5.92 Å². The van der Waals surface area contributed by atoms with Gasteiger partial charge in [0.25, 0.3) is 5.91 Å². The fourth-order valence-electron chi connectivity index (χ4n) is 2.34. The molecule has 0 spiro atoms. The third kappa shape index (κ3) is 5.55. The van der Waals surface area contributed by atoms with Crippen molar-refractivity contribution in [3.8, 4) is 5.75 Å². The quantitative estimate of drug-likeness (QED) is 0.710. The highest BCUT2D eigenvalue weighted by molar-refractivity contribution is 6.35. The number of hydrogen-bond acceptors (Lipinski definition) is 3. The maximum Gasteiger partial charge on any atom is 0.251 e. The third-order valence-corrected chi connectivity index (χ3v) is 4.07. The number of halogens is 2. The number of carbonyl (C=O) groups excluding carboxylic acids is 1. The van der Waals surface area contributed by atoms with Crippen LogP contribution in [-0.4, -0.2) is 19.6 Å². The van der Waals surface area contributed by atoms with Crippen LogP contribution in [0.5, 0.6) is 5.75 Å². The Morgan fingerprint density at radius 3 is 2.64 bits per heavy atom. The number of amides is 1. The van der Waals surface area contributed by atoms with Crippen molar-refractivity contribution in [3.05, 3.63) is 57.6 Å². The molecule has 0 fully saturated rings. The molecule has 2 aromatic rings. The van der Waals surface area contributed by atoms with Crippen LogP contribution in [0, 0.1) is 5.92 Å². The minimum atomic E-state index is -0.0827. The van der Waals surface area contributed by atoms with Crippen LogP contribution in [0.3, 0.4) is 0 Å². The molecular formula is C19H22Cl2N2O2. The van der Waals surface area contributed by atoms with Crippen molar-refractivity contribution in [1.29, 1.82) is 0 Å². The van der Waals surface area contributed by atoms with Gasteiger partial charge in [-0.25, -0.2) is 0 Å². The first-order chi connectivity index (χ1) is 11.9. The van der Waals surface area contributed by atoms with Crippen LogP contribution in [0.4, 0.5) is 5.69 Å². The highest BCUT2D eigenvalue weighted by atomic mass is 35.5. The summed E-state index contributed by atoms with van der Waals surface area (Å²) in [4.78, 5) is 12.2. The summed E-state index contributed by atoms with van der Waals surface area (Å²) >= 11 is 12.2. The van der Waals surface area contributed by atoms with Gasteiger partial charge in [-0.2, -0.15) is 0 Å². The minimum absolute atomic E-state index is 0.0827. The molecule has 0 aliphatic carbocycles. The largest absolute Gasteiger partial charge is 0.495 e. The molecule has 2 rings (SSSR count). The number of carbonyl (C=O) groups is 1. The van der Waals surface area contributed by atoms with E-state index in [4.69, 9.17) is 27.9 Å². The second-order valence-corrected chi connectivity index (χ2v) is 6.96. The number of rotatable bonds is 7. The molecule has 0 aromatic heterocycles. The van der Waals surface area contributed by atoms with E-state index in [9.17, 15) is 4.79 Å². The van der Waals surface area contributed by atoms with Gasteiger partial charge in [-0.05, 0) is 36.2 Å². The number of hydrogen-bond donors (Lipinski definition) is 2. The van der Waals surface area contributed by atoms with Crippen LogP contribution in [0.25, 0.3) is 0 Å². The molecular weight excluding hydrogens is 359 g/mol. The Bertz CT molecular complexity index is 748. The molecule has 25 heavy (non-hydrogen) atoms. The van der Waals surface area contributed by atoms with Crippen LogP contribution in [0.15, 0.2) is 36.4 Å². The Morgan fingerprint density at radius 1 is 1.20 bits per heavy atom. The molecule has 0 bridgehead atoms. The second kappa shape index (κ2) is 8.97. The van der Waals surface area contributed by atoms with Crippen molar-refractivity contribution in [2.75, 3.05) is 19.0 Å². The molecule has 0 aliphatic rings. The van der Waals surface area contributed by atoms with Gasteiger partial charge in [-0.15, -0.1) is 0 Å². The molecule has 2 N–H and O–H groups in total. The summed E-state index contributed by atoms with van der Waals surface area (Å²) < 4.78 is 5.34. The van der Waals surface area contributed by atoms with E-state index in [1.54, 1.807) is 25.3 Å². The topological polar surface area (TPSA) is 50.4 Å². The SMILES string of the molecule is COc1c(Cl)cc(Cl)cc1CNc1cccc(C(=O)NCC(C)C)c1. The number of ether oxygens (including phenoxy) is 1. The number of nitrogens with one attached hydrogen (secondary N) is 2. The summed E-state index contributed by atoms with van der Waals surface area (Å²) in [6, 6.07) is 10.8. The number of methoxy groups -OCH3 is 1. The highest BCUT2D eigenvalue weighted by Gasteiger charge is 2.11. The zero-order valence-electron chi connectivity index (χ0n) is 14.5. The second-order valence-electron chi connectivity index (χ2n) is 6.12. The first kappa shape index (κ1) is 19.4. The molecule has 2 aromatic carbocycles. The van der Waals surface area contributed by atoms with Gasteiger partial charge in [-0.3, -0.25) is 4.79 Å². The molecule has 6 heteroatoms. The summed E-state index contributed by atoms with van der Waals surface area (Å²) in [7, 11) is 1.57. The van der Waals surface area contributed by atoms with E-state index in [0.717, 1.165) is 11.3 Å². The standard InChI is InChI=1S/C19H22Cl2N2O2/c1-12(2)10-23-19(24)13-5-4-6-16(8-13)22-11-14-7-15(20)9-17(21)18(14)25-3/h4-9,12,22H,10-11H2,1-3H3,(H,23,24). The Hall–Kier alpha value is -1.91. The van der Waals surface area contributed by atoms with E-state index in [2.05, 4.69) is 24.5 Å². The van der Waals surface area contributed by atoms with E-state index >= 15 is 0 Å². The summed E-state index contributed by atoms with van der Waals surface area (Å²) in [6.45, 7) is 5.23. The lowest BCUT2D eigenvalue weighted by molar-refractivity contribution is 0.0949. The average molecular weight is 381 g/mol. The van der Waals surface area contributed by atoms with Crippen LogP contribution >= 0.6 is 23.2 Å². The van der Waals surface area contributed by atoms with Crippen LogP contribution in [0.1, 0.15) is 29.8 Å². The zero-order valence-corrected chi connectivity index (χ0v) is 16.0. The van der Waals surface area contributed by atoms with Gasteiger partial charge >= 0.3 is 0 Å². The summed E-state index contributed by atoms with van der Waals surface area (Å²) in [5.74, 6) is 0.912. The number of benzene rings is 2. The maximum absolute atomic E-state index is 12.2. The molecule has 0 aliphatic heterocycles. The van der Waals surface area contributed by atoms with Gasteiger partial charge in [0.15, 0.2) is 0 Å². The van der Waals surface area contributed by atoms with Crippen LogP contribution in [0.2, 0.25) is 10.0 Å². The summed E-state index contributed by atoms with van der Waals surface area (Å²) in [5.41, 5.74) is 2.28. The van der Waals surface area contributed by atoms with E-state index in [1.165, 1.54) is 0 Å². The fraction of sp³-hybridized carbons (Fsp3) is 0.316. The first-order valence-electron chi connectivity index (χ1n) is 8.04. The van der Waals surface area contributed by atoms with Crippen LogP contribution in [-0.2, 0) is 6.54 Å². The lowest BCUT2D eigenvalue weighted by atomic mass is 10.1. The minimum Gasteiger partial charge on any atom is -0.495 e. The van der Waals surface area contributed by atoms with Crippen molar-refractivity contribution >= 4 is 34.8 Å². The van der Waals surface area contributed by atoms with Gasteiger partial charge in [-0.1, -0.05) is 43.1 Å². The highest BCUT2D eigenvalue weighted by Crippen LogP contribution is 2.32. The Kier molecular flexibility index (Phi) is 6.97. The predicted molar refractivity (Wildman–Crippen MR) is 104 cm³/mol. The average Bonchev–Trinajstić information content (AvgIpc) is 2.57. The molecule has 0 saturated carbocycles.